The van der Waals surface area contributed by atoms with Crippen LogP contribution in [0, 0.1) is 0 Å². The lowest BCUT2D eigenvalue weighted by atomic mass is 10.1. The summed E-state index contributed by atoms with van der Waals surface area (Å²) in [5.41, 5.74) is 1.43. The highest BCUT2D eigenvalue weighted by atomic mass is 32.2. The van der Waals surface area contributed by atoms with E-state index in [1.165, 1.54) is 6.07 Å². The molecule has 0 bridgehead atoms. The highest BCUT2D eigenvalue weighted by Crippen LogP contribution is 2.33. The highest BCUT2D eigenvalue weighted by Gasteiger charge is 2.31. The molecule has 2 aromatic rings. The Morgan fingerprint density at radius 3 is 2.42 bits per heavy atom. The zero-order chi connectivity index (χ0) is 23.3. The topological polar surface area (TPSA) is 91.8 Å². The van der Waals surface area contributed by atoms with Crippen molar-refractivity contribution in [3.05, 3.63) is 42.1 Å². The molecule has 8 nitrogen and oxygen atoms in total. The first kappa shape index (κ1) is 23.5. The Balaban J connectivity index is 1.68. The van der Waals surface area contributed by atoms with Gasteiger partial charge in [-0.3, -0.25) is 4.79 Å². The summed E-state index contributed by atoms with van der Waals surface area (Å²) in [6, 6.07) is 8.43. The minimum atomic E-state index is -3.71. The molecule has 2 aliphatic heterocycles. The molecule has 4 rings (SSSR count). The summed E-state index contributed by atoms with van der Waals surface area (Å²) in [6.45, 7) is 4.94. The Kier molecular flexibility index (Phi) is 7.49. The van der Waals surface area contributed by atoms with Crippen molar-refractivity contribution in [1.29, 1.82) is 0 Å². The van der Waals surface area contributed by atoms with Crippen LogP contribution in [0.3, 0.4) is 0 Å². The minimum Gasteiger partial charge on any atom is -0.476 e. The summed E-state index contributed by atoms with van der Waals surface area (Å²) >= 11 is 0. The molecular formula is C24H32N4O4S. The molecule has 9 heteroatoms. The number of aromatic nitrogens is 1. The molecule has 0 saturated carbocycles. The molecule has 2 fully saturated rings. The second-order valence-electron chi connectivity index (χ2n) is 8.44. The van der Waals surface area contributed by atoms with Crippen LogP contribution in [0.4, 0.5) is 11.4 Å². The zero-order valence-corrected chi connectivity index (χ0v) is 19.9. The number of rotatable bonds is 7. The van der Waals surface area contributed by atoms with Crippen LogP contribution in [0.25, 0.3) is 0 Å². The second-order valence-corrected chi connectivity index (χ2v) is 10.3. The molecule has 0 aliphatic carbocycles. The number of nitrogens with one attached hydrogen (secondary N) is 1. The summed E-state index contributed by atoms with van der Waals surface area (Å²) in [6.07, 6.45) is 7.58. The number of carbonyl (C=O) groups is 1. The number of hydrogen-bond donors (Lipinski definition) is 1. The number of amides is 1. The number of sulfonamides is 1. The number of nitrogens with zero attached hydrogens (tertiary/aromatic N) is 3. The Hall–Kier alpha value is -2.65. The van der Waals surface area contributed by atoms with Crippen molar-refractivity contribution < 1.29 is 17.9 Å². The van der Waals surface area contributed by atoms with E-state index in [-0.39, 0.29) is 10.5 Å². The largest absolute Gasteiger partial charge is 0.476 e. The van der Waals surface area contributed by atoms with Crippen LogP contribution < -0.4 is 15.0 Å². The third kappa shape index (κ3) is 5.30. The number of hydrogen-bond acceptors (Lipinski definition) is 6. The van der Waals surface area contributed by atoms with Gasteiger partial charge in [0.15, 0.2) is 0 Å². The van der Waals surface area contributed by atoms with Gasteiger partial charge in [0.2, 0.25) is 15.9 Å². The molecule has 0 spiro atoms. The molecule has 1 aromatic carbocycles. The van der Waals surface area contributed by atoms with Crippen molar-refractivity contribution in [2.75, 3.05) is 43.0 Å². The number of benzene rings is 1. The standard InChI is InChI=1S/C24H32N4O4S/c1-2-32-24-20(10-9-13-25-24)26-23(29)19-11-12-21(27-14-5-3-6-15-27)22(18-19)33(30,31)28-16-7-4-8-17-28/h9-13,18H,2-8,14-17H2,1H3,(H,26,29). The van der Waals surface area contributed by atoms with Gasteiger partial charge in [-0.15, -0.1) is 0 Å². The van der Waals surface area contributed by atoms with Gasteiger partial charge in [0.05, 0.1) is 12.3 Å². The number of anilines is 2. The Morgan fingerprint density at radius 2 is 1.73 bits per heavy atom. The van der Waals surface area contributed by atoms with E-state index in [0.717, 1.165) is 51.6 Å². The predicted molar refractivity (Wildman–Crippen MR) is 128 cm³/mol. The van der Waals surface area contributed by atoms with E-state index in [2.05, 4.69) is 15.2 Å². The van der Waals surface area contributed by atoms with Crippen molar-refractivity contribution in [2.24, 2.45) is 0 Å². The van der Waals surface area contributed by atoms with Gasteiger partial charge in [0.25, 0.3) is 5.91 Å². The fourth-order valence-electron chi connectivity index (χ4n) is 4.43. The number of carbonyl (C=O) groups excluding carboxylic acids is 1. The average molecular weight is 473 g/mol. The maximum atomic E-state index is 13.7. The summed E-state index contributed by atoms with van der Waals surface area (Å²) in [4.78, 5) is 19.6. The zero-order valence-electron chi connectivity index (χ0n) is 19.1. The first-order chi connectivity index (χ1) is 16.0. The van der Waals surface area contributed by atoms with Gasteiger partial charge in [-0.05, 0) is 69.4 Å². The van der Waals surface area contributed by atoms with Gasteiger partial charge in [0, 0.05) is 37.9 Å². The Morgan fingerprint density at radius 1 is 1.03 bits per heavy atom. The molecular weight excluding hydrogens is 440 g/mol. The number of pyridine rings is 1. The van der Waals surface area contributed by atoms with E-state index in [9.17, 15) is 13.2 Å². The van der Waals surface area contributed by atoms with Crippen molar-refractivity contribution in [2.45, 2.75) is 50.3 Å². The highest BCUT2D eigenvalue weighted by molar-refractivity contribution is 7.89. The van der Waals surface area contributed by atoms with Crippen LogP contribution in [-0.2, 0) is 10.0 Å². The number of piperidine rings is 2. The van der Waals surface area contributed by atoms with Crippen molar-refractivity contribution in [1.82, 2.24) is 9.29 Å². The maximum Gasteiger partial charge on any atom is 0.255 e. The van der Waals surface area contributed by atoms with E-state index in [1.54, 1.807) is 34.8 Å². The summed E-state index contributed by atoms with van der Waals surface area (Å²) < 4.78 is 34.4. The fourth-order valence-corrected chi connectivity index (χ4v) is 6.19. The smallest absolute Gasteiger partial charge is 0.255 e. The minimum absolute atomic E-state index is 0.218. The monoisotopic (exact) mass is 472 g/mol. The average Bonchev–Trinajstić information content (AvgIpc) is 2.86. The van der Waals surface area contributed by atoms with E-state index in [1.807, 2.05) is 6.92 Å². The van der Waals surface area contributed by atoms with Crippen LogP contribution in [0.15, 0.2) is 41.4 Å². The van der Waals surface area contributed by atoms with Gasteiger partial charge in [0.1, 0.15) is 10.6 Å². The SMILES string of the molecule is CCOc1ncccc1NC(=O)c1ccc(N2CCCCC2)c(S(=O)(=O)N2CCCCC2)c1. The van der Waals surface area contributed by atoms with Gasteiger partial charge in [-0.1, -0.05) is 6.42 Å². The van der Waals surface area contributed by atoms with Crippen LogP contribution in [0.1, 0.15) is 55.8 Å². The first-order valence-corrected chi connectivity index (χ1v) is 13.2. The van der Waals surface area contributed by atoms with Crippen molar-refractivity contribution in [3.8, 4) is 5.88 Å². The number of ether oxygens (including phenoxy) is 1. The molecule has 1 aromatic heterocycles. The van der Waals surface area contributed by atoms with E-state index < -0.39 is 15.9 Å². The molecule has 178 valence electrons. The van der Waals surface area contributed by atoms with Gasteiger partial charge in [-0.25, -0.2) is 13.4 Å². The summed E-state index contributed by atoms with van der Waals surface area (Å²) in [7, 11) is -3.71. The van der Waals surface area contributed by atoms with E-state index >= 15 is 0 Å². The van der Waals surface area contributed by atoms with Crippen LogP contribution in [0.5, 0.6) is 5.88 Å². The molecule has 0 unspecified atom stereocenters. The first-order valence-electron chi connectivity index (χ1n) is 11.8. The van der Waals surface area contributed by atoms with Crippen molar-refractivity contribution in [3.63, 3.8) is 0 Å². The molecule has 2 aliphatic rings. The van der Waals surface area contributed by atoms with Crippen molar-refractivity contribution >= 4 is 27.3 Å². The van der Waals surface area contributed by atoms with E-state index in [4.69, 9.17) is 4.74 Å². The van der Waals surface area contributed by atoms with Gasteiger partial charge < -0.3 is 15.0 Å². The molecule has 1 amide bonds. The van der Waals surface area contributed by atoms with Gasteiger partial charge >= 0.3 is 0 Å². The molecule has 2 saturated heterocycles. The summed E-state index contributed by atoms with van der Waals surface area (Å²) in [5.74, 6) is -0.0660. The third-order valence-electron chi connectivity index (χ3n) is 6.15. The van der Waals surface area contributed by atoms with Crippen LogP contribution in [0.2, 0.25) is 0 Å². The quantitative estimate of drug-likeness (QED) is 0.657. The lowest BCUT2D eigenvalue weighted by molar-refractivity contribution is 0.102. The Labute approximate surface area is 196 Å². The third-order valence-corrected chi connectivity index (χ3v) is 8.08. The predicted octanol–water partition coefficient (Wildman–Crippen LogP) is 3.90. The summed E-state index contributed by atoms with van der Waals surface area (Å²) in [5, 5.41) is 2.82. The van der Waals surface area contributed by atoms with Crippen LogP contribution in [-0.4, -0.2) is 56.4 Å². The van der Waals surface area contributed by atoms with E-state index in [0.29, 0.717) is 37.0 Å². The molecule has 3 heterocycles. The lowest BCUT2D eigenvalue weighted by Gasteiger charge is -2.33. The van der Waals surface area contributed by atoms with Crippen LogP contribution >= 0.6 is 0 Å². The molecule has 33 heavy (non-hydrogen) atoms. The normalized spacial score (nSPS) is 17.5. The fraction of sp³-hybridized carbons (Fsp3) is 0.500. The maximum absolute atomic E-state index is 13.7. The molecule has 0 atom stereocenters. The lowest BCUT2D eigenvalue weighted by Crippen LogP contribution is -2.37. The Bertz CT molecular complexity index is 1080. The second kappa shape index (κ2) is 10.5. The molecule has 0 radical (unpaired) electrons. The van der Waals surface area contributed by atoms with Gasteiger partial charge in [-0.2, -0.15) is 4.31 Å². The molecule has 1 N–H and O–H groups in total.